The summed E-state index contributed by atoms with van der Waals surface area (Å²) < 4.78 is 57.5. The van der Waals surface area contributed by atoms with Crippen LogP contribution < -0.4 is 0 Å². The van der Waals surface area contributed by atoms with Gasteiger partial charge >= 0.3 is 15.6 Å². The number of pyridine rings is 2. The summed E-state index contributed by atoms with van der Waals surface area (Å²) in [5.41, 5.74) is 9.17. The van der Waals surface area contributed by atoms with E-state index in [0.717, 1.165) is 36.7 Å². The number of halogens is 3. The van der Waals surface area contributed by atoms with Crippen molar-refractivity contribution in [2.75, 3.05) is 14.2 Å². The predicted octanol–water partition coefficient (Wildman–Crippen LogP) is 11.6. The zero-order chi connectivity index (χ0) is 45.0. The van der Waals surface area contributed by atoms with Gasteiger partial charge in [0.1, 0.15) is 0 Å². The molecule has 0 fully saturated rings. The molecule has 0 unspecified atom stereocenters. The van der Waals surface area contributed by atoms with Crippen LogP contribution in [0.3, 0.4) is 0 Å². The predicted molar refractivity (Wildman–Crippen MR) is 241 cm³/mol. The second-order valence-corrected chi connectivity index (χ2v) is 16.7. The molecule has 2 aliphatic carbocycles. The third kappa shape index (κ3) is 9.11. The van der Waals surface area contributed by atoms with Crippen LogP contribution >= 0.6 is 0 Å². The molecule has 0 spiro atoms. The van der Waals surface area contributed by atoms with Crippen molar-refractivity contribution in [1.29, 1.82) is 0 Å². The number of alkyl halides is 3. The van der Waals surface area contributed by atoms with Crippen molar-refractivity contribution in [3.63, 3.8) is 0 Å². The molecule has 0 atom stereocenters. The molecule has 0 saturated heterocycles. The SMILES string of the molecule is CC1(C)c2c(ccnc2-c2[c-]cccc2)-c2ccc3ccccc3c21.CC1(C)c2c(ccnc2-c2[c-]cccc2)-c2ccc3ccccc3c21.CO.CO.O=S(=O)(O)C(F)(F)F.[Ir]. The molecule has 0 aliphatic heterocycles. The van der Waals surface area contributed by atoms with Gasteiger partial charge in [0.15, 0.2) is 0 Å². The maximum absolute atomic E-state index is 10.7. The Hall–Kier alpha value is -5.59. The van der Waals surface area contributed by atoms with Gasteiger partial charge < -0.3 is 20.2 Å². The standard InChI is InChI=1S/2C24H18N.CHF3O3S.2CH4O.Ir/c2*1-24(2)21-18-11-7-6-8-16(18)12-13-19(21)20-14-15-25-23(22(20)24)17-9-4-3-5-10-17;2-1(3,4)8(5,6)7;2*1-2;/h2*3-9,11-15H,1-2H3;(H,5,6,7);2*2H,1H3;/q2*-1;;;;. The van der Waals surface area contributed by atoms with Gasteiger partial charge in [-0.15, -0.1) is 71.8 Å². The van der Waals surface area contributed by atoms with Crippen molar-refractivity contribution in [3.05, 3.63) is 180 Å². The Morgan fingerprint density at radius 1 is 0.508 bits per heavy atom. The first-order valence-corrected chi connectivity index (χ1v) is 21.0. The van der Waals surface area contributed by atoms with Crippen LogP contribution in [0.15, 0.2) is 146 Å². The number of benzene rings is 6. The second kappa shape index (κ2) is 19.4. The number of aromatic nitrogens is 2. The number of aliphatic hydroxyl groups is 2. The fourth-order valence-electron chi connectivity index (χ4n) is 8.72. The summed E-state index contributed by atoms with van der Waals surface area (Å²) in [6.07, 6.45) is 3.85. The van der Waals surface area contributed by atoms with Gasteiger partial charge in [0.2, 0.25) is 0 Å². The molecule has 7 nitrogen and oxygen atoms in total. The van der Waals surface area contributed by atoms with E-state index in [1.165, 1.54) is 66.1 Å². The molecule has 1 radical (unpaired) electrons. The summed E-state index contributed by atoms with van der Waals surface area (Å²) in [6.45, 7) is 9.27. The Bertz CT molecular complexity index is 2800. The van der Waals surface area contributed by atoms with Gasteiger partial charge in [-0.25, -0.2) is 0 Å². The molecule has 8 aromatic rings. The van der Waals surface area contributed by atoms with Crippen LogP contribution in [0.2, 0.25) is 0 Å². The number of rotatable bonds is 2. The molecule has 2 aromatic heterocycles. The van der Waals surface area contributed by atoms with Gasteiger partial charge in [0.25, 0.3) is 0 Å². The topological polar surface area (TPSA) is 121 Å². The minimum atomic E-state index is -5.84. The monoisotopic (exact) mass is 1050 g/mol. The quantitative estimate of drug-likeness (QED) is 0.0896. The van der Waals surface area contributed by atoms with Gasteiger partial charge in [0.05, 0.1) is 0 Å². The van der Waals surface area contributed by atoms with E-state index in [4.69, 9.17) is 33.2 Å². The van der Waals surface area contributed by atoms with Crippen LogP contribution in [-0.2, 0) is 41.1 Å². The van der Waals surface area contributed by atoms with E-state index in [1.54, 1.807) is 0 Å². The molecule has 3 N–H and O–H groups in total. The number of hydrogen-bond acceptors (Lipinski definition) is 6. The Labute approximate surface area is 379 Å². The van der Waals surface area contributed by atoms with Gasteiger partial charge in [-0.3, -0.25) is 4.55 Å². The third-order valence-electron chi connectivity index (χ3n) is 11.1. The van der Waals surface area contributed by atoms with E-state index in [2.05, 4.69) is 149 Å². The van der Waals surface area contributed by atoms with Crippen molar-refractivity contribution in [3.8, 4) is 44.8 Å². The van der Waals surface area contributed by atoms with Gasteiger partial charge in [-0.05, 0) is 89.6 Å². The number of nitrogens with zero attached hydrogens (tertiary/aromatic N) is 2. The molecule has 12 heteroatoms. The van der Waals surface area contributed by atoms with Crippen molar-refractivity contribution < 1.29 is 56.5 Å². The Morgan fingerprint density at radius 2 is 0.841 bits per heavy atom. The summed E-state index contributed by atoms with van der Waals surface area (Å²) in [7, 11) is -3.84. The normalized spacial score (nSPS) is 13.3. The zero-order valence-corrected chi connectivity index (χ0v) is 38.5. The Morgan fingerprint density at radius 3 is 1.17 bits per heavy atom. The zero-order valence-electron chi connectivity index (χ0n) is 35.3. The van der Waals surface area contributed by atoms with Crippen LogP contribution in [0.4, 0.5) is 13.2 Å². The minimum Gasteiger partial charge on any atom is -0.400 e. The van der Waals surface area contributed by atoms with Crippen molar-refractivity contribution in [2.24, 2.45) is 0 Å². The average molecular weight is 1050 g/mol. The maximum atomic E-state index is 10.7. The first-order chi connectivity index (χ1) is 29.6. The summed E-state index contributed by atoms with van der Waals surface area (Å²) in [5, 5.41) is 19.3. The van der Waals surface area contributed by atoms with Gasteiger partial charge in [-0.2, -0.15) is 21.6 Å². The average Bonchev–Trinajstić information content (AvgIpc) is 3.68. The molecule has 0 amide bonds. The molecular formula is C51H45F3IrN2O5S-2. The van der Waals surface area contributed by atoms with Crippen molar-refractivity contribution in [2.45, 2.75) is 44.0 Å². The first-order valence-electron chi connectivity index (χ1n) is 19.5. The van der Waals surface area contributed by atoms with Crippen LogP contribution in [0.1, 0.15) is 49.9 Å². The minimum absolute atomic E-state index is 0. The van der Waals surface area contributed by atoms with Gasteiger partial charge in [0, 0.05) is 57.5 Å². The smallest absolute Gasteiger partial charge is 0.400 e. The largest absolute Gasteiger partial charge is 0.522 e. The summed E-state index contributed by atoms with van der Waals surface area (Å²) in [6, 6.07) is 53.6. The molecule has 6 aromatic carbocycles. The number of hydrogen-bond donors (Lipinski definition) is 3. The van der Waals surface area contributed by atoms with Crippen molar-refractivity contribution in [1.82, 2.24) is 9.97 Å². The van der Waals surface area contributed by atoms with Crippen LogP contribution in [0.5, 0.6) is 0 Å². The van der Waals surface area contributed by atoms with Crippen molar-refractivity contribution >= 4 is 31.7 Å². The molecular weight excluding hydrogens is 1000 g/mol. The molecule has 327 valence electrons. The second-order valence-electron chi connectivity index (χ2n) is 15.3. The number of aliphatic hydroxyl groups excluding tert-OH is 2. The molecule has 2 heterocycles. The fraction of sp³-hybridized carbons (Fsp3) is 0.176. The molecule has 0 saturated carbocycles. The van der Waals surface area contributed by atoms with E-state index in [1.807, 2.05) is 36.7 Å². The van der Waals surface area contributed by atoms with Gasteiger partial charge in [-0.1, -0.05) is 100 Å². The van der Waals surface area contributed by atoms with E-state index in [9.17, 15) is 13.2 Å². The fourth-order valence-corrected chi connectivity index (χ4v) is 8.72. The van der Waals surface area contributed by atoms with E-state index in [0.29, 0.717) is 0 Å². The van der Waals surface area contributed by atoms with E-state index in [-0.39, 0.29) is 30.9 Å². The first kappa shape index (κ1) is 48.4. The molecule has 10 rings (SSSR count). The summed E-state index contributed by atoms with van der Waals surface area (Å²) in [5.74, 6) is 0. The van der Waals surface area contributed by atoms with Crippen LogP contribution in [-0.4, -0.2) is 52.9 Å². The van der Waals surface area contributed by atoms with Crippen LogP contribution in [0.25, 0.3) is 66.3 Å². The number of fused-ring (bicyclic) bond motifs is 10. The van der Waals surface area contributed by atoms with Crippen LogP contribution in [0, 0.1) is 12.1 Å². The maximum Gasteiger partial charge on any atom is 0.522 e. The molecule has 0 bridgehead atoms. The Kier molecular flexibility index (Phi) is 14.9. The molecule has 63 heavy (non-hydrogen) atoms. The third-order valence-corrected chi connectivity index (χ3v) is 11.6. The molecule has 2 aliphatic rings. The van der Waals surface area contributed by atoms with E-state index >= 15 is 0 Å². The summed E-state index contributed by atoms with van der Waals surface area (Å²) >= 11 is 0. The summed E-state index contributed by atoms with van der Waals surface area (Å²) in [4.78, 5) is 9.50. The van der Waals surface area contributed by atoms with E-state index < -0.39 is 15.6 Å². The Balaban J connectivity index is 0.000000188.